The first-order valence-corrected chi connectivity index (χ1v) is 9.92. The molecule has 0 fully saturated rings. The molecular formula is C25H19F3N2O3. The first-order chi connectivity index (χ1) is 15.8. The molecule has 0 saturated carbocycles. The van der Waals surface area contributed by atoms with Gasteiger partial charge in [-0.2, -0.15) is 13.2 Å². The number of hydrogen-bond donors (Lipinski definition) is 0. The summed E-state index contributed by atoms with van der Waals surface area (Å²) in [6.07, 6.45) is -1.32. The molecule has 0 amide bonds. The second kappa shape index (κ2) is 8.82. The van der Waals surface area contributed by atoms with E-state index in [0.29, 0.717) is 28.0 Å². The molecule has 5 nitrogen and oxygen atoms in total. The summed E-state index contributed by atoms with van der Waals surface area (Å²) in [5.74, 6) is 1.16. The summed E-state index contributed by atoms with van der Waals surface area (Å²) in [6.45, 7) is 0. The Kier molecular flexibility index (Phi) is 5.91. The van der Waals surface area contributed by atoms with Crippen LogP contribution < -0.4 is 15.0 Å². The van der Waals surface area contributed by atoms with Crippen LogP contribution in [-0.2, 0) is 6.18 Å². The average molecular weight is 452 g/mol. The van der Waals surface area contributed by atoms with Gasteiger partial charge in [-0.05, 0) is 48.6 Å². The Morgan fingerprint density at radius 2 is 1.67 bits per heavy atom. The first kappa shape index (κ1) is 22.1. The van der Waals surface area contributed by atoms with Crippen LogP contribution in [0.4, 0.5) is 13.2 Å². The van der Waals surface area contributed by atoms with Crippen LogP contribution in [-0.4, -0.2) is 23.8 Å². The number of ether oxygens (including phenoxy) is 2. The predicted molar refractivity (Wildman–Crippen MR) is 121 cm³/mol. The minimum atomic E-state index is -4.55. The lowest BCUT2D eigenvalue weighted by Crippen LogP contribution is -2.22. The summed E-state index contributed by atoms with van der Waals surface area (Å²) < 4.78 is 51.9. The minimum Gasteiger partial charge on any atom is -0.493 e. The van der Waals surface area contributed by atoms with Gasteiger partial charge in [0.05, 0.1) is 36.4 Å². The van der Waals surface area contributed by atoms with E-state index in [1.807, 2.05) is 0 Å². The summed E-state index contributed by atoms with van der Waals surface area (Å²) >= 11 is 0. The van der Waals surface area contributed by atoms with E-state index < -0.39 is 17.3 Å². The second-order valence-electron chi connectivity index (χ2n) is 7.09. The number of aromatic nitrogens is 2. The third-order valence-corrected chi connectivity index (χ3v) is 5.08. The van der Waals surface area contributed by atoms with Crippen LogP contribution in [0.3, 0.4) is 0 Å². The van der Waals surface area contributed by atoms with Crippen molar-refractivity contribution in [3.8, 4) is 17.2 Å². The Morgan fingerprint density at radius 1 is 0.909 bits per heavy atom. The summed E-state index contributed by atoms with van der Waals surface area (Å²) in [4.78, 5) is 17.8. The molecule has 4 aromatic rings. The SMILES string of the molecule is COc1cccc(/C=C/c2nc3ccccc3c(=O)n2-c2cccc(C(F)(F)F)c2)c1OC. The van der Waals surface area contributed by atoms with Gasteiger partial charge in [0.25, 0.3) is 5.56 Å². The van der Waals surface area contributed by atoms with Crippen molar-refractivity contribution in [1.29, 1.82) is 0 Å². The topological polar surface area (TPSA) is 53.3 Å². The Bertz CT molecular complexity index is 1410. The fourth-order valence-electron chi connectivity index (χ4n) is 3.54. The molecule has 0 aliphatic rings. The van der Waals surface area contributed by atoms with Gasteiger partial charge in [0.2, 0.25) is 0 Å². The molecule has 0 unspecified atom stereocenters. The molecule has 0 bridgehead atoms. The Labute approximate surface area is 187 Å². The highest BCUT2D eigenvalue weighted by molar-refractivity contribution is 5.80. The van der Waals surface area contributed by atoms with Crippen LogP contribution >= 0.6 is 0 Å². The summed E-state index contributed by atoms with van der Waals surface area (Å²) in [5, 5.41) is 0.297. The maximum Gasteiger partial charge on any atom is 0.416 e. The number of nitrogens with zero attached hydrogens (tertiary/aromatic N) is 2. The van der Waals surface area contributed by atoms with Crippen molar-refractivity contribution in [2.75, 3.05) is 14.2 Å². The van der Waals surface area contributed by atoms with Gasteiger partial charge in [0.15, 0.2) is 11.5 Å². The van der Waals surface area contributed by atoms with Crippen molar-refractivity contribution in [3.05, 3.63) is 94.0 Å². The average Bonchev–Trinajstić information content (AvgIpc) is 2.82. The number of para-hydroxylation sites is 2. The fraction of sp³-hybridized carbons (Fsp3) is 0.120. The molecule has 0 aliphatic heterocycles. The highest BCUT2D eigenvalue weighted by atomic mass is 19.4. The molecule has 8 heteroatoms. The van der Waals surface area contributed by atoms with Gasteiger partial charge in [-0.1, -0.05) is 30.3 Å². The van der Waals surface area contributed by atoms with Crippen molar-refractivity contribution < 1.29 is 22.6 Å². The van der Waals surface area contributed by atoms with Crippen LogP contribution in [0.15, 0.2) is 71.5 Å². The van der Waals surface area contributed by atoms with Crippen LogP contribution in [0.1, 0.15) is 17.0 Å². The van der Waals surface area contributed by atoms with Crippen LogP contribution in [0, 0.1) is 0 Å². The van der Waals surface area contributed by atoms with E-state index in [1.54, 1.807) is 54.6 Å². The van der Waals surface area contributed by atoms with Crippen LogP contribution in [0.25, 0.3) is 28.7 Å². The first-order valence-electron chi connectivity index (χ1n) is 9.92. The number of alkyl halides is 3. The van der Waals surface area contributed by atoms with Crippen molar-refractivity contribution in [1.82, 2.24) is 9.55 Å². The zero-order valence-corrected chi connectivity index (χ0v) is 17.8. The quantitative estimate of drug-likeness (QED) is 0.396. The van der Waals surface area contributed by atoms with Gasteiger partial charge in [0, 0.05) is 5.56 Å². The Hall–Kier alpha value is -4.07. The van der Waals surface area contributed by atoms with Gasteiger partial charge >= 0.3 is 6.18 Å². The van der Waals surface area contributed by atoms with Gasteiger partial charge in [-0.15, -0.1) is 0 Å². The van der Waals surface area contributed by atoms with Crippen molar-refractivity contribution in [3.63, 3.8) is 0 Å². The number of benzene rings is 3. The van der Waals surface area contributed by atoms with Crippen molar-refractivity contribution in [2.45, 2.75) is 6.18 Å². The molecule has 0 radical (unpaired) electrons. The number of hydrogen-bond acceptors (Lipinski definition) is 4. The molecule has 168 valence electrons. The lowest BCUT2D eigenvalue weighted by atomic mass is 10.1. The summed E-state index contributed by atoms with van der Waals surface area (Å²) in [7, 11) is 3.02. The van der Waals surface area contributed by atoms with E-state index in [2.05, 4.69) is 4.98 Å². The smallest absolute Gasteiger partial charge is 0.416 e. The third kappa shape index (κ3) is 4.32. The molecule has 3 aromatic carbocycles. The van der Waals surface area contributed by atoms with E-state index in [-0.39, 0.29) is 11.5 Å². The van der Waals surface area contributed by atoms with E-state index in [9.17, 15) is 18.0 Å². The molecular weight excluding hydrogens is 433 g/mol. The number of fused-ring (bicyclic) bond motifs is 1. The summed E-state index contributed by atoms with van der Waals surface area (Å²) in [6, 6.07) is 16.6. The van der Waals surface area contributed by atoms with E-state index >= 15 is 0 Å². The van der Waals surface area contributed by atoms with E-state index in [4.69, 9.17) is 9.47 Å². The monoisotopic (exact) mass is 452 g/mol. The molecule has 0 N–H and O–H groups in total. The molecule has 1 aromatic heterocycles. The Balaban J connectivity index is 1.95. The standard InChI is InChI=1S/C25H19F3N2O3/c1-32-21-12-5-7-16(23(21)33-2)13-14-22-29-20-11-4-3-10-19(20)24(31)30(22)18-9-6-8-17(15-18)25(26,27)28/h3-15H,1-2H3/b14-13+. The number of rotatable bonds is 5. The fourth-order valence-corrected chi connectivity index (χ4v) is 3.54. The second-order valence-corrected chi connectivity index (χ2v) is 7.09. The minimum absolute atomic E-state index is 0.0605. The highest BCUT2D eigenvalue weighted by Gasteiger charge is 2.30. The van der Waals surface area contributed by atoms with Gasteiger partial charge in [-0.3, -0.25) is 9.36 Å². The predicted octanol–water partition coefficient (Wildman–Crippen LogP) is 5.59. The summed E-state index contributed by atoms with van der Waals surface area (Å²) in [5.41, 5.74) is -0.190. The van der Waals surface area contributed by atoms with Gasteiger partial charge in [0.1, 0.15) is 5.82 Å². The van der Waals surface area contributed by atoms with Crippen LogP contribution in [0.2, 0.25) is 0 Å². The molecule has 4 rings (SSSR count). The van der Waals surface area contributed by atoms with Crippen molar-refractivity contribution in [2.24, 2.45) is 0 Å². The third-order valence-electron chi connectivity index (χ3n) is 5.08. The number of methoxy groups -OCH3 is 2. The lowest BCUT2D eigenvalue weighted by Gasteiger charge is -2.14. The van der Waals surface area contributed by atoms with E-state index in [0.717, 1.165) is 12.1 Å². The maximum atomic E-state index is 13.3. The number of halogens is 3. The largest absolute Gasteiger partial charge is 0.493 e. The van der Waals surface area contributed by atoms with E-state index in [1.165, 1.54) is 30.9 Å². The molecule has 0 spiro atoms. The van der Waals surface area contributed by atoms with Gasteiger partial charge < -0.3 is 9.47 Å². The molecule has 1 heterocycles. The molecule has 0 atom stereocenters. The van der Waals surface area contributed by atoms with Crippen molar-refractivity contribution >= 4 is 23.1 Å². The maximum absolute atomic E-state index is 13.3. The van der Waals surface area contributed by atoms with Crippen LogP contribution in [0.5, 0.6) is 11.5 Å². The Morgan fingerprint density at radius 3 is 2.39 bits per heavy atom. The van der Waals surface area contributed by atoms with Gasteiger partial charge in [-0.25, -0.2) is 4.98 Å². The normalized spacial score (nSPS) is 11.8. The molecule has 33 heavy (non-hydrogen) atoms. The molecule has 0 aliphatic carbocycles. The lowest BCUT2D eigenvalue weighted by molar-refractivity contribution is -0.137. The molecule has 0 saturated heterocycles. The highest BCUT2D eigenvalue weighted by Crippen LogP contribution is 2.33. The zero-order chi connectivity index (χ0) is 23.6. The zero-order valence-electron chi connectivity index (χ0n) is 17.8.